The molecule has 0 aliphatic rings. The van der Waals surface area contributed by atoms with E-state index in [4.69, 9.17) is 16.9 Å². The Hall–Kier alpha value is -0.481. The van der Waals surface area contributed by atoms with Crippen LogP contribution >= 0.6 is 11.6 Å². The molecule has 0 heterocycles. The molecule has 0 amide bonds. The predicted molar refractivity (Wildman–Crippen MR) is 42.5 cm³/mol. The van der Waals surface area contributed by atoms with Crippen molar-refractivity contribution in [3.05, 3.63) is 29.3 Å². The Morgan fingerprint density at radius 3 is 2.40 bits per heavy atom. The van der Waals surface area contributed by atoms with Crippen LogP contribution in [0, 0.1) is 10.2 Å². The fourth-order valence-corrected chi connectivity index (χ4v) is 1.47. The van der Waals surface area contributed by atoms with Gasteiger partial charge in [-0.05, 0) is 0 Å². The summed E-state index contributed by atoms with van der Waals surface area (Å²) in [6.07, 6.45) is 0. The topological polar surface area (TPSA) is 23.8 Å². The Labute approximate surface area is 70.8 Å². The number of nitrogens with zero attached hydrogens (tertiary/aromatic N) is 1. The van der Waals surface area contributed by atoms with Crippen molar-refractivity contribution >= 4 is 31.0 Å². The number of hydrogen-bond acceptors (Lipinski definition) is 1. The summed E-state index contributed by atoms with van der Waals surface area (Å²) in [7, 11) is 0. The van der Waals surface area contributed by atoms with E-state index in [2.05, 4.69) is 4.97 Å². The van der Waals surface area contributed by atoms with E-state index in [1.54, 1.807) is 12.1 Å². The molecule has 1 aromatic carbocycles. The fourth-order valence-electron chi connectivity index (χ4n) is 0.555. The van der Waals surface area contributed by atoms with Gasteiger partial charge in [0.05, 0.1) is 0 Å². The molecule has 3 heteroatoms. The Morgan fingerprint density at radius 2 is 1.90 bits per heavy atom. The molecule has 1 aromatic rings. The van der Waals surface area contributed by atoms with Crippen LogP contribution in [0.2, 0.25) is 5.02 Å². The molecule has 0 aliphatic carbocycles. The van der Waals surface area contributed by atoms with E-state index >= 15 is 0 Å². The van der Waals surface area contributed by atoms with Gasteiger partial charge in [0.2, 0.25) is 0 Å². The van der Waals surface area contributed by atoms with Gasteiger partial charge in [-0.1, -0.05) is 0 Å². The van der Waals surface area contributed by atoms with E-state index in [0.29, 0.717) is 0 Å². The third-order valence-corrected chi connectivity index (χ3v) is 2.49. The van der Waals surface area contributed by atoms with Gasteiger partial charge in [0.15, 0.2) is 0 Å². The molecule has 0 aromatic heterocycles. The van der Waals surface area contributed by atoms with Gasteiger partial charge in [-0.25, -0.2) is 0 Å². The first-order valence-corrected chi connectivity index (χ1v) is 4.73. The molecule has 1 nitrogen and oxygen atoms in total. The summed E-state index contributed by atoms with van der Waals surface area (Å²) >= 11 is 5.58. The van der Waals surface area contributed by atoms with Crippen molar-refractivity contribution in [1.29, 1.82) is 5.26 Å². The minimum atomic E-state index is -0.0510. The van der Waals surface area contributed by atoms with Gasteiger partial charge in [0, 0.05) is 0 Å². The second-order valence-corrected chi connectivity index (χ2v) is 3.88. The van der Waals surface area contributed by atoms with Crippen molar-refractivity contribution in [2.45, 2.75) is 0 Å². The third-order valence-electron chi connectivity index (χ3n) is 0.977. The van der Waals surface area contributed by atoms with Gasteiger partial charge in [-0.15, -0.1) is 0 Å². The van der Waals surface area contributed by atoms with Gasteiger partial charge in [-0.3, -0.25) is 0 Å². The molecular weight excluding hydrogens is 212 g/mol. The third kappa shape index (κ3) is 2.04. The first kappa shape index (κ1) is 7.62. The fraction of sp³-hybridized carbons (Fsp3) is 0. The molecule has 1 rings (SSSR count). The van der Waals surface area contributed by atoms with Crippen molar-refractivity contribution in [2.24, 2.45) is 0 Å². The summed E-state index contributed by atoms with van der Waals surface area (Å²) in [4.78, 5) is 2.12. The minimum absolute atomic E-state index is 0.0510. The zero-order valence-electron chi connectivity index (χ0n) is 5.04. The Bertz CT molecular complexity index is 249. The molecule has 50 valence electrons. The zero-order chi connectivity index (χ0) is 7.40. The van der Waals surface area contributed by atoms with Crippen LogP contribution in [0.1, 0.15) is 0 Å². The van der Waals surface area contributed by atoms with Gasteiger partial charge in [0.25, 0.3) is 0 Å². The van der Waals surface area contributed by atoms with Crippen LogP contribution in [0.3, 0.4) is 0 Å². The molecule has 0 saturated carbocycles. The van der Waals surface area contributed by atoms with E-state index in [1.807, 2.05) is 12.1 Å². The standard InChI is InChI=1S/C7H4ClNSe/c8-6-1-3-7(4-2-6)10-5-9/h1-4H. The maximum atomic E-state index is 8.33. The second kappa shape index (κ2) is 3.63. The molecule has 0 saturated heterocycles. The van der Waals surface area contributed by atoms with Gasteiger partial charge >= 0.3 is 70.5 Å². The summed E-state index contributed by atoms with van der Waals surface area (Å²) in [6.45, 7) is 0. The Morgan fingerprint density at radius 1 is 1.30 bits per heavy atom. The average molecular weight is 217 g/mol. The van der Waals surface area contributed by atoms with Crippen LogP contribution in [0.4, 0.5) is 0 Å². The monoisotopic (exact) mass is 217 g/mol. The summed E-state index contributed by atoms with van der Waals surface area (Å²) < 4.78 is 1.07. The summed E-state index contributed by atoms with van der Waals surface area (Å²) in [5.41, 5.74) is 0. The van der Waals surface area contributed by atoms with Crippen LogP contribution in [-0.2, 0) is 0 Å². The normalized spacial score (nSPS) is 8.80. The van der Waals surface area contributed by atoms with Gasteiger partial charge in [0.1, 0.15) is 0 Å². The van der Waals surface area contributed by atoms with E-state index < -0.39 is 0 Å². The van der Waals surface area contributed by atoms with Crippen molar-refractivity contribution in [3.8, 4) is 4.97 Å². The van der Waals surface area contributed by atoms with Crippen molar-refractivity contribution < 1.29 is 0 Å². The molecule has 0 N–H and O–H groups in total. The second-order valence-electron chi connectivity index (χ2n) is 1.65. The SMILES string of the molecule is N#C[Se]c1ccc(Cl)cc1. The van der Waals surface area contributed by atoms with Gasteiger partial charge in [-0.2, -0.15) is 0 Å². The molecule has 0 fully saturated rings. The summed E-state index contributed by atoms with van der Waals surface area (Å²) in [6, 6.07) is 7.36. The van der Waals surface area contributed by atoms with Crippen LogP contribution in [0.25, 0.3) is 0 Å². The molecule has 0 radical (unpaired) electrons. The number of nitriles is 1. The average Bonchev–Trinajstić information content (AvgIpc) is 1.95. The maximum absolute atomic E-state index is 8.33. The van der Waals surface area contributed by atoms with Crippen LogP contribution in [0.15, 0.2) is 24.3 Å². The molecule has 0 atom stereocenters. The summed E-state index contributed by atoms with van der Waals surface area (Å²) in [5.74, 6) is 0. The van der Waals surface area contributed by atoms with Gasteiger partial charge < -0.3 is 0 Å². The first-order valence-electron chi connectivity index (χ1n) is 2.64. The number of hydrogen-bond donors (Lipinski definition) is 0. The van der Waals surface area contributed by atoms with E-state index in [1.165, 1.54) is 0 Å². The van der Waals surface area contributed by atoms with Crippen LogP contribution in [0.5, 0.6) is 0 Å². The Kier molecular flexibility index (Phi) is 2.77. The molecule has 0 aliphatic heterocycles. The molecule has 10 heavy (non-hydrogen) atoms. The van der Waals surface area contributed by atoms with E-state index in [0.717, 1.165) is 9.48 Å². The zero-order valence-corrected chi connectivity index (χ0v) is 7.51. The molecule has 0 bridgehead atoms. The number of benzene rings is 1. The quantitative estimate of drug-likeness (QED) is 0.646. The molecule has 0 spiro atoms. The van der Waals surface area contributed by atoms with Crippen LogP contribution < -0.4 is 4.46 Å². The molecular formula is C7H4ClNSe. The first-order chi connectivity index (χ1) is 4.83. The van der Waals surface area contributed by atoms with Crippen molar-refractivity contribution in [1.82, 2.24) is 0 Å². The van der Waals surface area contributed by atoms with Crippen molar-refractivity contribution in [2.75, 3.05) is 0 Å². The van der Waals surface area contributed by atoms with E-state index in [-0.39, 0.29) is 15.0 Å². The summed E-state index contributed by atoms with van der Waals surface area (Å²) in [5, 5.41) is 9.05. The van der Waals surface area contributed by atoms with Crippen molar-refractivity contribution in [3.63, 3.8) is 0 Å². The molecule has 0 unspecified atom stereocenters. The predicted octanol–water partition coefficient (Wildman–Crippen LogP) is 1.15. The van der Waals surface area contributed by atoms with E-state index in [9.17, 15) is 0 Å². The number of halogens is 1. The number of rotatable bonds is 1. The Balaban J connectivity index is 2.81. The van der Waals surface area contributed by atoms with Crippen LogP contribution in [-0.4, -0.2) is 15.0 Å².